The maximum absolute atomic E-state index is 11.2. The van der Waals surface area contributed by atoms with Crippen molar-refractivity contribution in [3.05, 3.63) is 60.2 Å². The molecular formula is C24H35NO2. The Bertz CT molecular complexity index is 594. The standard InChI is InChI=1S/C24H35NO2/c1-25-24(27)15-8-3-2-7-12-21-13-9-14-22(21)17-19-23(26)18-16-20-10-5-4-6-11-20/h2,4-7,10-11,17,19,21-23,26H,3,8-9,12-16,18H2,1H3,(H,25,27)/b7-2-,19-17+/t21-,22?,23?/m0/s1. The summed E-state index contributed by atoms with van der Waals surface area (Å²) in [6.45, 7) is 0. The maximum Gasteiger partial charge on any atom is 0.219 e. The number of carbonyl (C=O) groups excluding carboxylic acids is 1. The highest BCUT2D eigenvalue weighted by Crippen LogP contribution is 2.35. The van der Waals surface area contributed by atoms with E-state index in [0.29, 0.717) is 18.3 Å². The van der Waals surface area contributed by atoms with E-state index in [1.807, 2.05) is 24.3 Å². The van der Waals surface area contributed by atoms with Gasteiger partial charge in [0.05, 0.1) is 6.10 Å². The lowest BCUT2D eigenvalue weighted by atomic mass is 9.91. The molecule has 0 bridgehead atoms. The third kappa shape index (κ3) is 8.57. The molecule has 3 heteroatoms. The molecule has 2 rings (SSSR count). The van der Waals surface area contributed by atoms with Gasteiger partial charge in [0.2, 0.25) is 5.91 Å². The largest absolute Gasteiger partial charge is 0.389 e. The Morgan fingerprint density at radius 3 is 2.85 bits per heavy atom. The summed E-state index contributed by atoms with van der Waals surface area (Å²) in [5, 5.41) is 12.9. The highest BCUT2D eigenvalue weighted by atomic mass is 16.3. The molecule has 148 valence electrons. The first kappa shape index (κ1) is 21.4. The van der Waals surface area contributed by atoms with Gasteiger partial charge < -0.3 is 10.4 Å². The van der Waals surface area contributed by atoms with Crippen LogP contribution < -0.4 is 5.32 Å². The van der Waals surface area contributed by atoms with Gasteiger partial charge in [-0.15, -0.1) is 0 Å². The van der Waals surface area contributed by atoms with Crippen molar-refractivity contribution in [1.29, 1.82) is 0 Å². The average Bonchev–Trinajstić information content (AvgIpc) is 3.15. The molecule has 0 radical (unpaired) electrons. The van der Waals surface area contributed by atoms with Crippen LogP contribution in [0.2, 0.25) is 0 Å². The fraction of sp³-hybridized carbons (Fsp3) is 0.542. The van der Waals surface area contributed by atoms with E-state index >= 15 is 0 Å². The molecule has 2 N–H and O–H groups in total. The number of aliphatic hydroxyl groups is 1. The van der Waals surface area contributed by atoms with E-state index in [4.69, 9.17) is 0 Å². The molecule has 3 nitrogen and oxygen atoms in total. The fourth-order valence-corrected chi connectivity index (χ4v) is 3.83. The predicted molar refractivity (Wildman–Crippen MR) is 112 cm³/mol. The van der Waals surface area contributed by atoms with E-state index in [9.17, 15) is 9.90 Å². The topological polar surface area (TPSA) is 49.3 Å². The summed E-state index contributed by atoms with van der Waals surface area (Å²) in [4.78, 5) is 11.2. The molecule has 0 aliphatic heterocycles. The molecule has 1 saturated carbocycles. The first-order chi connectivity index (χ1) is 13.2. The molecule has 1 aliphatic rings. The smallest absolute Gasteiger partial charge is 0.219 e. The highest BCUT2D eigenvalue weighted by Gasteiger charge is 2.24. The van der Waals surface area contributed by atoms with E-state index < -0.39 is 0 Å². The second-order valence-electron chi connectivity index (χ2n) is 7.60. The van der Waals surface area contributed by atoms with Crippen LogP contribution in [0.15, 0.2) is 54.6 Å². The van der Waals surface area contributed by atoms with Gasteiger partial charge in [-0.25, -0.2) is 0 Å². The SMILES string of the molecule is CNC(=O)CCC/C=C\C[C@H]1CCCC1/C=C/C(O)CCc1ccccc1. The number of rotatable bonds is 11. The minimum absolute atomic E-state index is 0.121. The lowest BCUT2D eigenvalue weighted by Crippen LogP contribution is -2.16. The number of benzene rings is 1. The van der Waals surface area contributed by atoms with Crippen LogP contribution in [0.3, 0.4) is 0 Å². The van der Waals surface area contributed by atoms with Gasteiger partial charge >= 0.3 is 0 Å². The summed E-state index contributed by atoms with van der Waals surface area (Å²) in [6, 6.07) is 10.4. The first-order valence-corrected chi connectivity index (χ1v) is 10.4. The molecule has 1 amide bonds. The number of hydrogen-bond acceptors (Lipinski definition) is 2. The molecule has 27 heavy (non-hydrogen) atoms. The lowest BCUT2D eigenvalue weighted by Gasteiger charge is -2.15. The third-order valence-electron chi connectivity index (χ3n) is 5.53. The van der Waals surface area contributed by atoms with Crippen LogP contribution in [-0.2, 0) is 11.2 Å². The van der Waals surface area contributed by atoms with Crippen molar-refractivity contribution in [2.24, 2.45) is 11.8 Å². The zero-order valence-corrected chi connectivity index (χ0v) is 16.6. The number of amides is 1. The molecule has 0 spiro atoms. The molecule has 0 saturated heterocycles. The summed E-state index contributed by atoms with van der Waals surface area (Å²) in [6.07, 6.45) is 17.5. The number of aryl methyl sites for hydroxylation is 1. The second kappa shape index (κ2) is 12.5. The summed E-state index contributed by atoms with van der Waals surface area (Å²) in [5.41, 5.74) is 1.28. The van der Waals surface area contributed by atoms with Crippen LogP contribution >= 0.6 is 0 Å². The lowest BCUT2D eigenvalue weighted by molar-refractivity contribution is -0.120. The van der Waals surface area contributed by atoms with Crippen LogP contribution in [0.4, 0.5) is 0 Å². The fourth-order valence-electron chi connectivity index (χ4n) is 3.83. The molecule has 0 aromatic heterocycles. The van der Waals surface area contributed by atoms with Crippen LogP contribution in [0.25, 0.3) is 0 Å². The van der Waals surface area contributed by atoms with E-state index in [-0.39, 0.29) is 12.0 Å². The number of aliphatic hydroxyl groups excluding tert-OH is 1. The monoisotopic (exact) mass is 369 g/mol. The first-order valence-electron chi connectivity index (χ1n) is 10.4. The van der Waals surface area contributed by atoms with Crippen molar-refractivity contribution in [1.82, 2.24) is 5.32 Å². The Morgan fingerprint density at radius 1 is 1.26 bits per heavy atom. The van der Waals surface area contributed by atoms with Gasteiger partial charge in [0.25, 0.3) is 0 Å². The van der Waals surface area contributed by atoms with Crippen LogP contribution in [0, 0.1) is 11.8 Å². The summed E-state index contributed by atoms with van der Waals surface area (Å²) < 4.78 is 0. The van der Waals surface area contributed by atoms with Crippen LogP contribution in [0.1, 0.15) is 56.9 Å². The Labute approximate surface area is 164 Å². The third-order valence-corrected chi connectivity index (χ3v) is 5.53. The number of hydrogen-bond donors (Lipinski definition) is 2. The van der Waals surface area contributed by atoms with E-state index in [0.717, 1.165) is 32.1 Å². The minimum Gasteiger partial charge on any atom is -0.389 e. The van der Waals surface area contributed by atoms with Gasteiger partial charge in [-0.3, -0.25) is 4.79 Å². The quantitative estimate of drug-likeness (QED) is 0.434. The van der Waals surface area contributed by atoms with Crippen molar-refractivity contribution in [2.45, 2.75) is 63.9 Å². The van der Waals surface area contributed by atoms with Crippen molar-refractivity contribution in [3.8, 4) is 0 Å². The predicted octanol–water partition coefficient (Wildman–Crippen LogP) is 4.82. The minimum atomic E-state index is -0.355. The van der Waals surface area contributed by atoms with Gasteiger partial charge in [0, 0.05) is 13.5 Å². The van der Waals surface area contributed by atoms with Gasteiger partial charge in [-0.05, 0) is 62.3 Å². The molecule has 1 aromatic rings. The van der Waals surface area contributed by atoms with Crippen molar-refractivity contribution in [3.63, 3.8) is 0 Å². The molecule has 1 fully saturated rings. The molecule has 0 heterocycles. The van der Waals surface area contributed by atoms with Gasteiger partial charge in [-0.2, -0.15) is 0 Å². The molecule has 3 atom stereocenters. The van der Waals surface area contributed by atoms with Gasteiger partial charge in [0.1, 0.15) is 0 Å². The molecule has 1 aromatic carbocycles. The number of allylic oxidation sites excluding steroid dienone is 3. The van der Waals surface area contributed by atoms with Crippen molar-refractivity contribution >= 4 is 5.91 Å². The normalized spacial score (nSPS) is 21.1. The molecular weight excluding hydrogens is 334 g/mol. The zero-order valence-electron chi connectivity index (χ0n) is 16.6. The second-order valence-corrected chi connectivity index (χ2v) is 7.60. The van der Waals surface area contributed by atoms with E-state index in [1.54, 1.807) is 7.05 Å². The zero-order chi connectivity index (χ0) is 19.3. The number of nitrogens with one attached hydrogen (secondary N) is 1. The summed E-state index contributed by atoms with van der Waals surface area (Å²) in [5.74, 6) is 1.40. The summed E-state index contributed by atoms with van der Waals surface area (Å²) in [7, 11) is 1.69. The number of unbranched alkanes of at least 4 members (excludes halogenated alkanes) is 1. The van der Waals surface area contributed by atoms with Crippen molar-refractivity contribution < 1.29 is 9.90 Å². The van der Waals surface area contributed by atoms with E-state index in [2.05, 4.69) is 35.7 Å². The van der Waals surface area contributed by atoms with Crippen LogP contribution in [0.5, 0.6) is 0 Å². The molecule has 1 aliphatic carbocycles. The van der Waals surface area contributed by atoms with Crippen molar-refractivity contribution in [2.75, 3.05) is 7.05 Å². The number of carbonyl (C=O) groups is 1. The molecule has 2 unspecified atom stereocenters. The Kier molecular flexibility index (Phi) is 9.93. The summed E-state index contributed by atoms with van der Waals surface area (Å²) >= 11 is 0. The van der Waals surface area contributed by atoms with Gasteiger partial charge in [-0.1, -0.05) is 61.1 Å². The Balaban J connectivity index is 1.67. The average molecular weight is 370 g/mol. The Morgan fingerprint density at radius 2 is 2.07 bits per heavy atom. The maximum atomic E-state index is 11.2. The van der Waals surface area contributed by atoms with Crippen LogP contribution in [-0.4, -0.2) is 24.2 Å². The van der Waals surface area contributed by atoms with Gasteiger partial charge in [0.15, 0.2) is 0 Å². The highest BCUT2D eigenvalue weighted by molar-refractivity contribution is 5.75. The Hall–Kier alpha value is -1.87. The van der Waals surface area contributed by atoms with E-state index in [1.165, 1.54) is 24.8 Å².